The average Bonchev–Trinajstić information content (AvgIpc) is 2.07. The van der Waals surface area contributed by atoms with Crippen molar-refractivity contribution in [3.05, 3.63) is 327 Å². The number of pyridine rings is 1. The summed E-state index contributed by atoms with van der Waals surface area (Å²) >= 11 is 0. The van der Waals surface area contributed by atoms with Gasteiger partial charge in [-0.1, -0.05) is 218 Å². The monoisotopic (exact) mass is 1120 g/mol. The van der Waals surface area contributed by atoms with Gasteiger partial charge in [0.2, 0.25) is 0 Å². The number of para-hydroxylation sites is 7. The predicted molar refractivity (Wildman–Crippen MR) is 368 cm³/mol. The van der Waals surface area contributed by atoms with Crippen molar-refractivity contribution in [2.24, 2.45) is 0 Å². The molecule has 0 saturated heterocycles. The summed E-state index contributed by atoms with van der Waals surface area (Å²) in [6.07, 6.45) is 9.15. The summed E-state index contributed by atoms with van der Waals surface area (Å²) in [7, 11) is 0. The van der Waals surface area contributed by atoms with Crippen LogP contribution in [0.1, 0.15) is 11.5 Å². The molecule has 0 amide bonds. The van der Waals surface area contributed by atoms with Crippen LogP contribution >= 0.6 is 0 Å². The first-order valence-corrected chi connectivity index (χ1v) is 30.4. The zero-order chi connectivity index (χ0) is 57.8. The second-order valence-corrected chi connectivity index (χ2v) is 23.4. The topological polar surface area (TPSA) is 30.9 Å². The molecule has 0 bridgehead atoms. The van der Waals surface area contributed by atoms with Crippen LogP contribution < -0.4 is 4.90 Å². The number of benzene rings is 12. The lowest BCUT2D eigenvalue weighted by Crippen LogP contribution is -2.29. The highest BCUT2D eigenvalue weighted by atomic mass is 15.2. The maximum Gasteiger partial charge on any atom is 0.0715 e. The van der Waals surface area contributed by atoms with Crippen LogP contribution in [-0.2, 0) is 0 Å². The van der Waals surface area contributed by atoms with E-state index in [0.29, 0.717) is 0 Å². The van der Waals surface area contributed by atoms with Crippen LogP contribution in [0, 0.1) is 0 Å². The van der Waals surface area contributed by atoms with Gasteiger partial charge in [-0.25, -0.2) is 4.98 Å². The lowest BCUT2D eigenvalue weighted by molar-refractivity contribution is 0.745. The quantitative estimate of drug-likeness (QED) is 0.144. The van der Waals surface area contributed by atoms with Crippen LogP contribution in [0.3, 0.4) is 0 Å². The van der Waals surface area contributed by atoms with Gasteiger partial charge in [0.05, 0.1) is 56.2 Å². The third kappa shape index (κ3) is 7.84. The summed E-state index contributed by atoms with van der Waals surface area (Å²) in [4.78, 5) is 8.29. The fraction of sp³-hybridized carbons (Fsp3) is 0.0241. The molecule has 1 aliphatic heterocycles. The highest BCUT2D eigenvalue weighted by Gasteiger charge is 2.38. The molecule has 0 saturated carbocycles. The second kappa shape index (κ2) is 20.1. The predicted octanol–water partition coefficient (Wildman–Crippen LogP) is 21.4. The van der Waals surface area contributed by atoms with Crippen LogP contribution in [-0.4, -0.2) is 24.7 Å². The van der Waals surface area contributed by atoms with E-state index < -0.39 is 0 Å². The third-order valence-corrected chi connectivity index (χ3v) is 18.5. The fourth-order valence-corrected chi connectivity index (χ4v) is 14.7. The number of aromatic nitrogens is 4. The van der Waals surface area contributed by atoms with E-state index in [1.807, 2.05) is 0 Å². The van der Waals surface area contributed by atoms with Crippen molar-refractivity contribution in [2.45, 2.75) is 12.0 Å². The van der Waals surface area contributed by atoms with E-state index >= 15 is 0 Å². The Bertz CT molecular complexity index is 5400. The first-order chi connectivity index (χ1) is 43.7. The maximum atomic E-state index is 5.72. The van der Waals surface area contributed by atoms with Gasteiger partial charge >= 0.3 is 0 Å². The minimum atomic E-state index is 0.125. The molecule has 0 N–H and O–H groups in total. The van der Waals surface area contributed by atoms with Crippen LogP contribution in [0.15, 0.2) is 322 Å². The van der Waals surface area contributed by atoms with Crippen molar-refractivity contribution < 1.29 is 0 Å². The van der Waals surface area contributed by atoms with Crippen LogP contribution in [0.2, 0.25) is 0 Å². The minimum Gasteiger partial charge on any atom is -0.333 e. The third-order valence-electron chi connectivity index (χ3n) is 18.5. The van der Waals surface area contributed by atoms with E-state index in [4.69, 9.17) is 4.98 Å². The van der Waals surface area contributed by atoms with Gasteiger partial charge in [0, 0.05) is 83.2 Å². The van der Waals surface area contributed by atoms with Crippen molar-refractivity contribution in [1.82, 2.24) is 18.7 Å². The highest BCUT2D eigenvalue weighted by molar-refractivity contribution is 6.12. The number of hydrogen-bond donors (Lipinski definition) is 0. The van der Waals surface area contributed by atoms with E-state index in [-0.39, 0.29) is 12.0 Å². The Labute approximate surface area is 509 Å². The number of anilines is 2. The summed E-state index contributed by atoms with van der Waals surface area (Å²) in [6.45, 7) is 0. The molecule has 18 rings (SSSR count). The number of hydrogen-bond acceptors (Lipinski definition) is 2. The van der Waals surface area contributed by atoms with E-state index in [0.717, 1.165) is 89.7 Å². The second-order valence-electron chi connectivity index (χ2n) is 23.4. The first kappa shape index (κ1) is 49.9. The summed E-state index contributed by atoms with van der Waals surface area (Å²) in [5.41, 5.74) is 24.6. The van der Waals surface area contributed by atoms with Crippen molar-refractivity contribution in [2.75, 3.05) is 4.90 Å². The number of nitrogens with zero attached hydrogens (tertiary/aromatic N) is 5. The number of fused-ring (bicyclic) bond motifs is 12. The molecular formula is C83H55N5. The normalized spacial score (nSPS) is 14.5. The lowest BCUT2D eigenvalue weighted by Gasteiger charge is -2.31. The SMILES string of the molecule is C1=CC2c3ccccc3N(c3ccc(-n4c5ccccc5c5ccccc54)cc3-c3cccc(-c4cc(-c5ccccc5)cc(-c5cccc(-c6cc(-n7c8ccccc8c8ccccc87)ccc6-n6c7ccccc7c7ccccc76)c5)n4)c3)C2C=C1. The van der Waals surface area contributed by atoms with Gasteiger partial charge in [-0.15, -0.1) is 0 Å². The van der Waals surface area contributed by atoms with Gasteiger partial charge in [-0.3, -0.25) is 0 Å². The standard InChI is InChI=1S/C83H55N5/c1-2-22-54(23-3-1)59-50-72(57-26-20-24-55(48-57)70-52-60(85-74-36-12-4-28-62(74)63-29-5-13-37-75(63)85)44-46-82(70)87-78-40-16-8-32-66(78)67-33-9-17-41-79(67)87)84-73(51-59)58-27-21-25-56(49-58)71-53-61(86-76-38-14-6-30-64(76)65-31-7-15-39-77(65)86)45-47-83(71)88-80-42-18-10-34-68(80)69-35-11-19-43-81(69)88/h1-53,66,78H. The molecule has 4 aromatic heterocycles. The molecule has 0 radical (unpaired) electrons. The average molecular weight is 1120 g/mol. The summed E-state index contributed by atoms with van der Waals surface area (Å²) < 4.78 is 7.31. The molecule has 12 aromatic carbocycles. The first-order valence-electron chi connectivity index (χ1n) is 30.4. The van der Waals surface area contributed by atoms with Gasteiger partial charge in [0.1, 0.15) is 0 Å². The molecule has 2 atom stereocenters. The Hall–Kier alpha value is -11.5. The van der Waals surface area contributed by atoms with E-state index in [2.05, 4.69) is 340 Å². The van der Waals surface area contributed by atoms with Crippen molar-refractivity contribution >= 4 is 76.8 Å². The van der Waals surface area contributed by atoms with Crippen LogP contribution in [0.25, 0.3) is 138 Å². The molecule has 5 heteroatoms. The zero-order valence-electron chi connectivity index (χ0n) is 48.0. The maximum absolute atomic E-state index is 5.72. The molecule has 5 nitrogen and oxygen atoms in total. The van der Waals surface area contributed by atoms with Gasteiger partial charge in [-0.2, -0.15) is 0 Å². The van der Waals surface area contributed by atoms with Crippen molar-refractivity contribution in [1.29, 1.82) is 0 Å². The summed E-state index contributed by atoms with van der Waals surface area (Å²) in [5, 5.41) is 7.40. The Morgan fingerprint density at radius 2 is 0.659 bits per heavy atom. The Balaban J connectivity index is 0.823. The van der Waals surface area contributed by atoms with E-state index in [9.17, 15) is 0 Å². The largest absolute Gasteiger partial charge is 0.333 e. The molecule has 412 valence electrons. The lowest BCUT2D eigenvalue weighted by atomic mass is 9.91. The van der Waals surface area contributed by atoms with Crippen LogP contribution in [0.4, 0.5) is 11.4 Å². The summed E-state index contributed by atoms with van der Waals surface area (Å²) in [6, 6.07) is 109. The smallest absolute Gasteiger partial charge is 0.0715 e. The van der Waals surface area contributed by atoms with Gasteiger partial charge in [-0.05, 0) is 131 Å². The Kier molecular flexibility index (Phi) is 11.4. The molecule has 16 aromatic rings. The van der Waals surface area contributed by atoms with E-state index in [1.165, 1.54) is 65.6 Å². The fourth-order valence-electron chi connectivity index (χ4n) is 14.7. The van der Waals surface area contributed by atoms with Crippen molar-refractivity contribution in [3.8, 4) is 73.0 Å². The molecular weight excluding hydrogens is 1070 g/mol. The molecule has 2 unspecified atom stereocenters. The number of allylic oxidation sites excluding steroid dienone is 2. The molecule has 0 spiro atoms. The van der Waals surface area contributed by atoms with Gasteiger partial charge < -0.3 is 18.6 Å². The van der Waals surface area contributed by atoms with Gasteiger partial charge in [0.25, 0.3) is 0 Å². The van der Waals surface area contributed by atoms with Crippen LogP contribution in [0.5, 0.6) is 0 Å². The highest BCUT2D eigenvalue weighted by Crippen LogP contribution is 2.51. The Morgan fingerprint density at radius 1 is 0.261 bits per heavy atom. The minimum absolute atomic E-state index is 0.125. The van der Waals surface area contributed by atoms with Crippen molar-refractivity contribution in [3.63, 3.8) is 0 Å². The van der Waals surface area contributed by atoms with E-state index in [1.54, 1.807) is 0 Å². The Morgan fingerprint density at radius 3 is 1.17 bits per heavy atom. The van der Waals surface area contributed by atoms with Gasteiger partial charge in [0.15, 0.2) is 0 Å². The molecule has 1 aliphatic carbocycles. The summed E-state index contributed by atoms with van der Waals surface area (Å²) in [5.74, 6) is 0.239. The number of rotatable bonds is 9. The molecule has 88 heavy (non-hydrogen) atoms. The molecule has 5 heterocycles. The zero-order valence-corrected chi connectivity index (χ0v) is 48.0. The molecule has 0 fully saturated rings. The molecule has 2 aliphatic rings.